The number of para-hydroxylation sites is 1. The Morgan fingerprint density at radius 3 is 2.69 bits per heavy atom. The molecule has 6 nitrogen and oxygen atoms in total. The van der Waals surface area contributed by atoms with Gasteiger partial charge in [0.15, 0.2) is 0 Å². The third-order valence-electron chi connectivity index (χ3n) is 4.23. The van der Waals surface area contributed by atoms with E-state index in [0.29, 0.717) is 17.0 Å². The number of nitrogens with one attached hydrogen (secondary N) is 1. The molecule has 134 valence electrons. The van der Waals surface area contributed by atoms with Crippen LogP contribution in [0.5, 0.6) is 5.75 Å². The molecule has 0 spiro atoms. The first kappa shape index (κ1) is 17.9. The molecule has 3 rings (SSSR count). The van der Waals surface area contributed by atoms with Crippen molar-refractivity contribution < 1.29 is 14.3 Å². The number of anilines is 1. The van der Waals surface area contributed by atoms with E-state index in [2.05, 4.69) is 16.3 Å². The fourth-order valence-electron chi connectivity index (χ4n) is 2.83. The van der Waals surface area contributed by atoms with Crippen LogP contribution in [0.3, 0.4) is 0 Å². The van der Waals surface area contributed by atoms with Gasteiger partial charge < -0.3 is 9.47 Å². The molecule has 0 unspecified atom stereocenters. The van der Waals surface area contributed by atoms with Gasteiger partial charge in [0.1, 0.15) is 5.75 Å². The molecule has 0 aromatic heterocycles. The highest BCUT2D eigenvalue weighted by Gasteiger charge is 2.12. The first-order valence-corrected chi connectivity index (χ1v) is 8.61. The van der Waals surface area contributed by atoms with Crippen molar-refractivity contribution in [2.75, 3.05) is 38.2 Å². The summed E-state index contributed by atoms with van der Waals surface area (Å²) in [6.07, 6.45) is 0.187. The van der Waals surface area contributed by atoms with Crippen molar-refractivity contribution in [2.24, 2.45) is 0 Å². The summed E-state index contributed by atoms with van der Waals surface area (Å²) in [5.74, 6) is 0.478. The van der Waals surface area contributed by atoms with Crippen molar-refractivity contribution in [3.8, 4) is 11.8 Å². The van der Waals surface area contributed by atoms with Gasteiger partial charge in [-0.2, -0.15) is 5.26 Å². The number of carbonyl (C=O) groups is 1. The number of ether oxygens (including phenoxy) is 2. The molecular formula is C20H21N3O3. The van der Waals surface area contributed by atoms with Gasteiger partial charge in [0, 0.05) is 25.3 Å². The molecule has 0 radical (unpaired) electrons. The Morgan fingerprint density at radius 2 is 1.96 bits per heavy atom. The minimum absolute atomic E-state index is 0.478. The van der Waals surface area contributed by atoms with E-state index in [0.717, 1.165) is 44.8 Å². The van der Waals surface area contributed by atoms with Crippen LogP contribution in [0.2, 0.25) is 0 Å². The van der Waals surface area contributed by atoms with E-state index in [1.807, 2.05) is 12.1 Å². The third-order valence-corrected chi connectivity index (χ3v) is 4.23. The highest BCUT2D eigenvalue weighted by atomic mass is 16.6. The smallest absolute Gasteiger partial charge is 0.410 e. The van der Waals surface area contributed by atoms with E-state index in [1.54, 1.807) is 36.4 Å². The molecule has 1 aliphatic rings. The predicted molar refractivity (Wildman–Crippen MR) is 98.2 cm³/mol. The first-order valence-electron chi connectivity index (χ1n) is 8.61. The Hall–Kier alpha value is -2.88. The van der Waals surface area contributed by atoms with Crippen LogP contribution in [0, 0.1) is 11.3 Å². The third kappa shape index (κ3) is 5.06. The minimum atomic E-state index is -0.556. The van der Waals surface area contributed by atoms with E-state index in [4.69, 9.17) is 9.47 Å². The van der Waals surface area contributed by atoms with Crippen LogP contribution in [-0.2, 0) is 11.2 Å². The number of carbonyl (C=O) groups excluding carboxylic acids is 1. The Bertz CT molecular complexity index is 781. The maximum absolute atomic E-state index is 12.0. The van der Waals surface area contributed by atoms with E-state index in [1.165, 1.54) is 0 Å². The summed E-state index contributed by atoms with van der Waals surface area (Å²) in [4.78, 5) is 14.3. The van der Waals surface area contributed by atoms with Crippen LogP contribution in [0.4, 0.5) is 10.5 Å². The van der Waals surface area contributed by atoms with Crippen LogP contribution in [0.15, 0.2) is 48.5 Å². The Kier molecular flexibility index (Phi) is 6.20. The summed E-state index contributed by atoms with van der Waals surface area (Å²) < 4.78 is 10.6. The lowest BCUT2D eigenvalue weighted by atomic mass is 10.0. The molecule has 1 N–H and O–H groups in total. The molecule has 2 aromatic carbocycles. The highest BCUT2D eigenvalue weighted by Crippen LogP contribution is 2.18. The van der Waals surface area contributed by atoms with Crippen LogP contribution < -0.4 is 10.1 Å². The van der Waals surface area contributed by atoms with Gasteiger partial charge in [-0.05, 0) is 42.3 Å². The number of rotatable bonds is 5. The molecule has 0 bridgehead atoms. The van der Waals surface area contributed by atoms with Gasteiger partial charge in [-0.1, -0.05) is 18.2 Å². The number of hydrogen-bond donors (Lipinski definition) is 1. The Morgan fingerprint density at radius 1 is 1.19 bits per heavy atom. The number of hydrogen-bond acceptors (Lipinski definition) is 5. The number of amides is 1. The zero-order valence-corrected chi connectivity index (χ0v) is 14.5. The lowest BCUT2D eigenvalue weighted by Crippen LogP contribution is -2.37. The van der Waals surface area contributed by atoms with Gasteiger partial charge in [0.25, 0.3) is 0 Å². The van der Waals surface area contributed by atoms with Crippen LogP contribution in [0.25, 0.3) is 0 Å². The van der Waals surface area contributed by atoms with Crippen molar-refractivity contribution in [2.45, 2.75) is 6.42 Å². The lowest BCUT2D eigenvalue weighted by molar-refractivity contribution is 0.0384. The molecule has 1 amide bonds. The van der Waals surface area contributed by atoms with Gasteiger partial charge in [0.05, 0.1) is 24.8 Å². The largest absolute Gasteiger partial charge is 0.417 e. The monoisotopic (exact) mass is 351 g/mol. The second kappa shape index (κ2) is 8.99. The molecule has 6 heteroatoms. The van der Waals surface area contributed by atoms with Gasteiger partial charge in [-0.25, -0.2) is 4.79 Å². The van der Waals surface area contributed by atoms with E-state index < -0.39 is 6.09 Å². The van der Waals surface area contributed by atoms with Crippen LogP contribution in [-0.4, -0.2) is 43.8 Å². The second-order valence-corrected chi connectivity index (χ2v) is 6.02. The minimum Gasteiger partial charge on any atom is -0.410 e. The fourth-order valence-corrected chi connectivity index (χ4v) is 2.83. The van der Waals surface area contributed by atoms with Gasteiger partial charge in [-0.3, -0.25) is 10.2 Å². The summed E-state index contributed by atoms with van der Waals surface area (Å²) in [6, 6.07) is 16.4. The SMILES string of the molecule is N#Cc1ccc(NC(=O)Oc2ccccc2)cc1CCN1CCOCC1. The quantitative estimate of drug-likeness (QED) is 0.896. The summed E-state index contributed by atoms with van der Waals surface area (Å²) in [6.45, 7) is 4.17. The summed E-state index contributed by atoms with van der Waals surface area (Å²) in [7, 11) is 0. The average Bonchev–Trinajstić information content (AvgIpc) is 2.68. The summed E-state index contributed by atoms with van der Waals surface area (Å²) in [5, 5.41) is 12.0. The van der Waals surface area contributed by atoms with Crippen molar-refractivity contribution in [3.63, 3.8) is 0 Å². The van der Waals surface area contributed by atoms with Gasteiger partial charge in [-0.15, -0.1) is 0 Å². The van der Waals surface area contributed by atoms with Crippen molar-refractivity contribution in [3.05, 3.63) is 59.7 Å². The average molecular weight is 351 g/mol. The van der Waals surface area contributed by atoms with Gasteiger partial charge in [0.2, 0.25) is 0 Å². The fraction of sp³-hybridized carbons (Fsp3) is 0.300. The van der Waals surface area contributed by atoms with Crippen molar-refractivity contribution >= 4 is 11.8 Å². The Balaban J connectivity index is 1.62. The summed E-state index contributed by atoms with van der Waals surface area (Å²) in [5.41, 5.74) is 2.15. The zero-order chi connectivity index (χ0) is 18.2. The molecule has 0 atom stereocenters. The van der Waals surface area contributed by atoms with E-state index in [9.17, 15) is 10.1 Å². The normalized spacial score (nSPS) is 14.4. The Labute approximate surface area is 152 Å². The number of benzene rings is 2. The number of nitriles is 1. The predicted octanol–water partition coefficient (Wildman–Crippen LogP) is 3.04. The lowest BCUT2D eigenvalue weighted by Gasteiger charge is -2.26. The van der Waals surface area contributed by atoms with Crippen LogP contribution >= 0.6 is 0 Å². The van der Waals surface area contributed by atoms with Crippen molar-refractivity contribution in [1.82, 2.24) is 4.90 Å². The molecule has 1 saturated heterocycles. The number of morpholine rings is 1. The molecule has 1 fully saturated rings. The zero-order valence-electron chi connectivity index (χ0n) is 14.5. The molecule has 0 saturated carbocycles. The van der Waals surface area contributed by atoms with E-state index >= 15 is 0 Å². The summed E-state index contributed by atoms with van der Waals surface area (Å²) >= 11 is 0. The van der Waals surface area contributed by atoms with E-state index in [-0.39, 0.29) is 0 Å². The molecular weight excluding hydrogens is 330 g/mol. The van der Waals surface area contributed by atoms with Crippen LogP contribution in [0.1, 0.15) is 11.1 Å². The standard InChI is InChI=1S/C20H21N3O3/c21-15-17-6-7-18(22-20(24)26-19-4-2-1-3-5-19)14-16(17)8-9-23-10-12-25-13-11-23/h1-7,14H,8-13H2,(H,22,24). The topological polar surface area (TPSA) is 74.6 Å². The van der Waals surface area contributed by atoms with Crippen molar-refractivity contribution in [1.29, 1.82) is 5.26 Å². The van der Waals surface area contributed by atoms with Gasteiger partial charge >= 0.3 is 6.09 Å². The molecule has 2 aromatic rings. The maximum Gasteiger partial charge on any atom is 0.417 e. The number of nitrogens with zero attached hydrogens (tertiary/aromatic N) is 2. The highest BCUT2D eigenvalue weighted by molar-refractivity contribution is 5.86. The maximum atomic E-state index is 12.0. The first-order chi connectivity index (χ1) is 12.7. The molecule has 1 heterocycles. The molecule has 26 heavy (non-hydrogen) atoms. The second-order valence-electron chi connectivity index (χ2n) is 6.02. The molecule has 0 aliphatic carbocycles. The molecule has 1 aliphatic heterocycles.